The zero-order valence-electron chi connectivity index (χ0n) is 10.8. The van der Waals surface area contributed by atoms with E-state index in [2.05, 4.69) is 4.98 Å². The topological polar surface area (TPSA) is 140 Å². The summed E-state index contributed by atoms with van der Waals surface area (Å²) in [5, 5.41) is 9.12. The van der Waals surface area contributed by atoms with Gasteiger partial charge in [-0.15, -0.1) is 0 Å². The molecule has 110 valence electrons. The van der Waals surface area contributed by atoms with E-state index in [0.717, 1.165) is 4.57 Å². The van der Waals surface area contributed by atoms with Crippen LogP contribution in [0.15, 0.2) is 17.1 Å². The van der Waals surface area contributed by atoms with Crippen LogP contribution in [-0.2, 0) is 16.1 Å². The summed E-state index contributed by atoms with van der Waals surface area (Å²) in [5.74, 6) is -0.196. The number of epoxide rings is 1. The lowest BCUT2D eigenvalue weighted by molar-refractivity contribution is -0.132. The first-order valence-electron chi connectivity index (χ1n) is 6.15. The molecular weight excluding hydrogens is 266 g/mol. The molecule has 1 amide bonds. The molecule has 2 unspecified atom stereocenters. The van der Waals surface area contributed by atoms with Gasteiger partial charge in [0.05, 0.1) is 6.54 Å². The average molecular weight is 283 g/mol. The van der Waals surface area contributed by atoms with Gasteiger partial charge in [-0.3, -0.25) is 9.36 Å². The van der Waals surface area contributed by atoms with Gasteiger partial charge in [0.1, 0.15) is 18.5 Å². The summed E-state index contributed by atoms with van der Waals surface area (Å²) in [6.45, 7) is 0.690. The Morgan fingerprint density at radius 3 is 2.85 bits per heavy atom. The number of rotatable bonds is 6. The van der Waals surface area contributed by atoms with Crippen molar-refractivity contribution in [1.29, 1.82) is 0 Å². The van der Waals surface area contributed by atoms with Crippen molar-refractivity contribution >= 4 is 11.7 Å². The number of aliphatic hydroxyl groups is 1. The summed E-state index contributed by atoms with van der Waals surface area (Å²) in [5.41, 5.74) is 10.2. The van der Waals surface area contributed by atoms with Gasteiger partial charge < -0.3 is 26.2 Å². The van der Waals surface area contributed by atoms with E-state index in [1.807, 2.05) is 0 Å². The molecule has 2 heterocycles. The van der Waals surface area contributed by atoms with Gasteiger partial charge in [0.2, 0.25) is 5.91 Å². The number of aromatic nitrogens is 2. The van der Waals surface area contributed by atoms with Crippen LogP contribution in [-0.4, -0.2) is 57.5 Å². The van der Waals surface area contributed by atoms with Crippen molar-refractivity contribution in [2.24, 2.45) is 5.73 Å². The molecule has 0 spiro atoms. The quantitative estimate of drug-likeness (QED) is 0.483. The molecule has 1 fully saturated rings. The summed E-state index contributed by atoms with van der Waals surface area (Å²) in [6.07, 6.45) is 0.196. The minimum atomic E-state index is -0.830. The van der Waals surface area contributed by atoms with E-state index in [1.54, 1.807) is 0 Å². The number of hydrogen-bond donors (Lipinski definition) is 3. The maximum Gasteiger partial charge on any atom is 0.349 e. The Balaban J connectivity index is 2.01. The van der Waals surface area contributed by atoms with Crippen LogP contribution in [0.3, 0.4) is 0 Å². The lowest BCUT2D eigenvalue weighted by Gasteiger charge is -2.21. The molecule has 1 aliphatic heterocycles. The Kier molecular flexibility index (Phi) is 4.32. The number of nitrogen functional groups attached to an aromatic ring is 1. The number of ether oxygens (including phenoxy) is 1. The second-order valence-corrected chi connectivity index (χ2v) is 4.46. The number of carbonyl (C=O) groups is 1. The molecule has 20 heavy (non-hydrogen) atoms. The van der Waals surface area contributed by atoms with Crippen molar-refractivity contribution in [1.82, 2.24) is 14.5 Å². The number of hydrogen-bond acceptors (Lipinski definition) is 7. The van der Waals surface area contributed by atoms with Crippen molar-refractivity contribution in [2.45, 2.75) is 18.9 Å². The first-order chi connectivity index (χ1) is 9.51. The summed E-state index contributed by atoms with van der Waals surface area (Å²) >= 11 is 0. The molecule has 2 rings (SSSR count). The Hall–Kier alpha value is -1.97. The first kappa shape index (κ1) is 14.4. The Bertz CT molecular complexity index is 546. The standard InChI is InChI=1S/C11H17N5O4/c12-2-4-15(5-7-10(18)20-7)9(17)6-16-3-1-8(13)14-11(16)19/h1,3,7,10,18H,2,4-6,12H2,(H2,13,14,19). The number of carbonyl (C=O) groups excluding carboxylic acids is 1. The van der Waals surface area contributed by atoms with Crippen molar-refractivity contribution < 1.29 is 14.6 Å². The molecule has 5 N–H and O–H groups in total. The summed E-state index contributed by atoms with van der Waals surface area (Å²) in [6, 6.07) is 1.44. The van der Waals surface area contributed by atoms with Gasteiger partial charge in [-0.05, 0) is 6.07 Å². The van der Waals surface area contributed by atoms with E-state index < -0.39 is 12.0 Å². The molecule has 9 heteroatoms. The van der Waals surface area contributed by atoms with Crippen molar-refractivity contribution in [3.63, 3.8) is 0 Å². The van der Waals surface area contributed by atoms with Gasteiger partial charge >= 0.3 is 5.69 Å². The minimum Gasteiger partial charge on any atom is -0.383 e. The van der Waals surface area contributed by atoms with Gasteiger partial charge in [0.25, 0.3) is 0 Å². The molecule has 9 nitrogen and oxygen atoms in total. The van der Waals surface area contributed by atoms with E-state index in [-0.39, 0.29) is 37.5 Å². The SMILES string of the molecule is NCCN(CC1OC1O)C(=O)Cn1ccc(N)nc1=O. The van der Waals surface area contributed by atoms with E-state index in [1.165, 1.54) is 17.2 Å². The van der Waals surface area contributed by atoms with Gasteiger partial charge in [-0.25, -0.2) is 4.79 Å². The molecule has 0 aromatic carbocycles. The third-order valence-electron chi connectivity index (χ3n) is 2.91. The van der Waals surface area contributed by atoms with Crippen molar-refractivity contribution in [3.05, 3.63) is 22.7 Å². The Morgan fingerprint density at radius 1 is 1.60 bits per heavy atom. The molecule has 1 aromatic rings. The lowest BCUT2D eigenvalue weighted by atomic mass is 10.3. The van der Waals surface area contributed by atoms with Crippen LogP contribution >= 0.6 is 0 Å². The maximum atomic E-state index is 12.1. The number of nitrogens with two attached hydrogens (primary N) is 2. The first-order valence-corrected chi connectivity index (χ1v) is 6.15. The van der Waals surface area contributed by atoms with E-state index in [9.17, 15) is 9.59 Å². The van der Waals surface area contributed by atoms with Gasteiger partial charge in [-0.2, -0.15) is 4.98 Å². The highest BCUT2D eigenvalue weighted by Gasteiger charge is 2.39. The summed E-state index contributed by atoms with van der Waals surface area (Å²) in [7, 11) is 0. The lowest BCUT2D eigenvalue weighted by Crippen LogP contribution is -2.41. The number of aliphatic hydroxyl groups excluding tert-OH is 1. The van der Waals surface area contributed by atoms with Crippen molar-refractivity contribution in [3.8, 4) is 0 Å². The minimum absolute atomic E-state index is 0.104. The number of nitrogens with zero attached hydrogens (tertiary/aromatic N) is 3. The third-order valence-corrected chi connectivity index (χ3v) is 2.91. The largest absolute Gasteiger partial charge is 0.383 e. The predicted octanol–water partition coefficient (Wildman–Crippen LogP) is -2.67. The van der Waals surface area contributed by atoms with E-state index in [4.69, 9.17) is 21.3 Å². The average Bonchev–Trinajstić information content (AvgIpc) is 3.08. The molecule has 1 aliphatic rings. The zero-order valence-corrected chi connectivity index (χ0v) is 10.8. The Labute approximate surface area is 114 Å². The molecule has 1 aromatic heterocycles. The fraction of sp³-hybridized carbons (Fsp3) is 0.545. The van der Waals surface area contributed by atoms with Crippen LogP contribution in [0.1, 0.15) is 0 Å². The zero-order chi connectivity index (χ0) is 14.7. The fourth-order valence-electron chi connectivity index (χ4n) is 1.77. The highest BCUT2D eigenvalue weighted by molar-refractivity contribution is 5.76. The highest BCUT2D eigenvalue weighted by atomic mass is 16.7. The highest BCUT2D eigenvalue weighted by Crippen LogP contribution is 2.19. The van der Waals surface area contributed by atoms with Crippen LogP contribution in [0.4, 0.5) is 5.82 Å². The maximum absolute atomic E-state index is 12.1. The molecule has 0 bridgehead atoms. The van der Waals surface area contributed by atoms with Gasteiger partial charge in [0.15, 0.2) is 6.29 Å². The monoisotopic (exact) mass is 283 g/mol. The molecule has 1 saturated heterocycles. The van der Waals surface area contributed by atoms with Crippen LogP contribution in [0.5, 0.6) is 0 Å². The molecule has 0 radical (unpaired) electrons. The van der Waals surface area contributed by atoms with Gasteiger partial charge in [-0.1, -0.05) is 0 Å². The van der Waals surface area contributed by atoms with Crippen LogP contribution in [0, 0.1) is 0 Å². The molecule has 0 saturated carbocycles. The molecular formula is C11H17N5O4. The third kappa shape index (κ3) is 3.53. The van der Waals surface area contributed by atoms with Gasteiger partial charge in [0, 0.05) is 19.3 Å². The normalized spacial score (nSPS) is 20.7. The summed E-state index contributed by atoms with van der Waals surface area (Å²) < 4.78 is 6.02. The Morgan fingerprint density at radius 2 is 2.30 bits per heavy atom. The second-order valence-electron chi connectivity index (χ2n) is 4.46. The van der Waals surface area contributed by atoms with E-state index >= 15 is 0 Å². The second kappa shape index (κ2) is 5.99. The number of amides is 1. The van der Waals surface area contributed by atoms with Crippen LogP contribution in [0.2, 0.25) is 0 Å². The fourth-order valence-corrected chi connectivity index (χ4v) is 1.77. The van der Waals surface area contributed by atoms with E-state index in [0.29, 0.717) is 6.54 Å². The smallest absolute Gasteiger partial charge is 0.349 e. The summed E-state index contributed by atoms with van der Waals surface area (Å²) in [4.78, 5) is 28.7. The molecule has 0 aliphatic carbocycles. The number of anilines is 1. The molecule has 2 atom stereocenters. The van der Waals surface area contributed by atoms with Crippen LogP contribution in [0.25, 0.3) is 0 Å². The van der Waals surface area contributed by atoms with Crippen LogP contribution < -0.4 is 17.2 Å². The predicted molar refractivity (Wildman–Crippen MR) is 69.4 cm³/mol. The van der Waals surface area contributed by atoms with Crippen molar-refractivity contribution in [2.75, 3.05) is 25.4 Å².